The molecule has 0 saturated carbocycles. The van der Waals surface area contributed by atoms with Gasteiger partial charge in [-0.25, -0.2) is 0 Å². The van der Waals surface area contributed by atoms with Gasteiger partial charge in [-0.3, -0.25) is 14.4 Å². The van der Waals surface area contributed by atoms with Crippen LogP contribution in [0.3, 0.4) is 0 Å². The maximum absolute atomic E-state index is 11.5. The van der Waals surface area contributed by atoms with E-state index in [0.717, 1.165) is 0 Å². The van der Waals surface area contributed by atoms with Crippen LogP contribution in [0, 0.1) is 5.92 Å². The smallest absolute Gasteiger partial charge is 0.220 e. The number of carbonyl (C=O) groups is 3. The van der Waals surface area contributed by atoms with E-state index < -0.39 is 0 Å². The van der Waals surface area contributed by atoms with Gasteiger partial charge in [0, 0.05) is 38.1 Å². The van der Waals surface area contributed by atoms with Crippen molar-refractivity contribution >= 4 is 17.5 Å². The van der Waals surface area contributed by atoms with E-state index in [-0.39, 0.29) is 36.2 Å². The number of nitrogens with one attached hydrogen (secondary N) is 1. The van der Waals surface area contributed by atoms with E-state index in [1.807, 2.05) is 20.8 Å². The molecule has 0 aliphatic rings. The maximum Gasteiger partial charge on any atom is 0.220 e. The molecule has 128 valence electrons. The number of Topliss-reactive ketones (excluding diaryl/α,β-unsaturated/α-hetero) is 2. The van der Waals surface area contributed by atoms with Gasteiger partial charge in [0.1, 0.15) is 11.6 Å². The lowest BCUT2D eigenvalue weighted by Crippen LogP contribution is -2.28. The van der Waals surface area contributed by atoms with Gasteiger partial charge in [0.05, 0.1) is 26.4 Å². The molecule has 0 radical (unpaired) electrons. The normalized spacial score (nSPS) is 10.7. The van der Waals surface area contributed by atoms with Crippen molar-refractivity contribution in [1.29, 1.82) is 0 Å². The molecule has 0 aromatic carbocycles. The van der Waals surface area contributed by atoms with Crippen LogP contribution in [0.5, 0.6) is 0 Å². The third-order valence-corrected chi connectivity index (χ3v) is 3.10. The van der Waals surface area contributed by atoms with Crippen molar-refractivity contribution in [2.24, 2.45) is 5.92 Å². The summed E-state index contributed by atoms with van der Waals surface area (Å²) in [6.45, 7) is 7.61. The number of amides is 1. The molecular weight excluding hydrogens is 286 g/mol. The second-order valence-corrected chi connectivity index (χ2v) is 5.34. The zero-order valence-corrected chi connectivity index (χ0v) is 14.0. The Morgan fingerprint density at radius 2 is 1.55 bits per heavy atom. The standard InChI is InChI=1S/C16H29NO5/c1-4-14(18)7-9-21-11-12-22-10-8-17-16(20)6-5-15(19)13(2)3/h13H,4-12H2,1-3H3,(H,17,20). The summed E-state index contributed by atoms with van der Waals surface area (Å²) in [5.74, 6) is 0.139. The average Bonchev–Trinajstić information content (AvgIpc) is 2.50. The summed E-state index contributed by atoms with van der Waals surface area (Å²) in [6.07, 6.45) is 1.50. The summed E-state index contributed by atoms with van der Waals surface area (Å²) in [5.41, 5.74) is 0. The summed E-state index contributed by atoms with van der Waals surface area (Å²) >= 11 is 0. The Morgan fingerprint density at radius 3 is 2.14 bits per heavy atom. The van der Waals surface area contributed by atoms with Gasteiger partial charge in [0.2, 0.25) is 5.91 Å². The Balaban J connectivity index is 3.33. The number of rotatable bonds is 14. The third-order valence-electron chi connectivity index (χ3n) is 3.10. The summed E-state index contributed by atoms with van der Waals surface area (Å²) in [5, 5.41) is 2.70. The van der Waals surface area contributed by atoms with Crippen molar-refractivity contribution in [2.75, 3.05) is 33.0 Å². The van der Waals surface area contributed by atoms with Gasteiger partial charge in [-0.1, -0.05) is 20.8 Å². The van der Waals surface area contributed by atoms with Gasteiger partial charge >= 0.3 is 0 Å². The summed E-state index contributed by atoms with van der Waals surface area (Å²) in [4.78, 5) is 33.8. The van der Waals surface area contributed by atoms with Crippen LogP contribution >= 0.6 is 0 Å². The molecule has 0 aliphatic heterocycles. The minimum atomic E-state index is -0.132. The second kappa shape index (κ2) is 13.4. The van der Waals surface area contributed by atoms with Crippen LogP contribution in [0.25, 0.3) is 0 Å². The zero-order chi connectivity index (χ0) is 16.8. The van der Waals surface area contributed by atoms with Crippen molar-refractivity contribution in [1.82, 2.24) is 5.32 Å². The number of ether oxygens (including phenoxy) is 2. The monoisotopic (exact) mass is 315 g/mol. The molecule has 22 heavy (non-hydrogen) atoms. The predicted octanol–water partition coefficient (Wildman–Crippen LogP) is 1.51. The van der Waals surface area contributed by atoms with Crippen LogP contribution in [-0.4, -0.2) is 50.4 Å². The largest absolute Gasteiger partial charge is 0.379 e. The molecule has 6 heteroatoms. The first-order chi connectivity index (χ1) is 10.5. The Kier molecular flexibility index (Phi) is 12.6. The molecule has 0 atom stereocenters. The van der Waals surface area contributed by atoms with Crippen LogP contribution in [0.2, 0.25) is 0 Å². The van der Waals surface area contributed by atoms with E-state index in [9.17, 15) is 14.4 Å². The van der Waals surface area contributed by atoms with Crippen molar-refractivity contribution in [2.45, 2.75) is 46.5 Å². The molecule has 6 nitrogen and oxygen atoms in total. The van der Waals surface area contributed by atoms with Crippen molar-refractivity contribution < 1.29 is 23.9 Å². The van der Waals surface area contributed by atoms with E-state index in [0.29, 0.717) is 45.8 Å². The molecule has 0 unspecified atom stereocenters. The lowest BCUT2D eigenvalue weighted by Gasteiger charge is -2.07. The van der Waals surface area contributed by atoms with E-state index >= 15 is 0 Å². The van der Waals surface area contributed by atoms with Crippen LogP contribution < -0.4 is 5.32 Å². The van der Waals surface area contributed by atoms with Crippen LogP contribution in [-0.2, 0) is 23.9 Å². The van der Waals surface area contributed by atoms with Crippen molar-refractivity contribution in [3.63, 3.8) is 0 Å². The first kappa shape index (κ1) is 20.7. The molecule has 0 aliphatic carbocycles. The quantitative estimate of drug-likeness (QED) is 0.491. The second-order valence-electron chi connectivity index (χ2n) is 5.34. The molecule has 0 aromatic rings. The van der Waals surface area contributed by atoms with Gasteiger partial charge < -0.3 is 14.8 Å². The topological polar surface area (TPSA) is 81.7 Å². The Morgan fingerprint density at radius 1 is 0.909 bits per heavy atom. The third kappa shape index (κ3) is 12.5. The molecule has 0 spiro atoms. The number of ketones is 2. The molecular formula is C16H29NO5. The Labute approximate surface area is 132 Å². The maximum atomic E-state index is 11.5. The first-order valence-electron chi connectivity index (χ1n) is 7.94. The molecule has 1 N–H and O–H groups in total. The Hall–Kier alpha value is -1.27. The molecule has 0 bridgehead atoms. The highest BCUT2D eigenvalue weighted by Gasteiger charge is 2.09. The summed E-state index contributed by atoms with van der Waals surface area (Å²) in [7, 11) is 0. The SMILES string of the molecule is CCC(=O)CCOCCOCCNC(=O)CCC(=O)C(C)C. The number of hydrogen-bond donors (Lipinski definition) is 1. The zero-order valence-electron chi connectivity index (χ0n) is 14.0. The molecule has 0 rings (SSSR count). The molecule has 0 saturated heterocycles. The van der Waals surface area contributed by atoms with Crippen LogP contribution in [0.15, 0.2) is 0 Å². The molecule has 0 heterocycles. The van der Waals surface area contributed by atoms with Gasteiger partial charge in [-0.2, -0.15) is 0 Å². The van der Waals surface area contributed by atoms with E-state index in [1.165, 1.54) is 0 Å². The van der Waals surface area contributed by atoms with Crippen molar-refractivity contribution in [3.8, 4) is 0 Å². The minimum absolute atomic E-state index is 0.0243. The number of carbonyl (C=O) groups excluding carboxylic acids is 3. The lowest BCUT2D eigenvalue weighted by molar-refractivity contribution is -0.126. The highest BCUT2D eigenvalue weighted by molar-refractivity contribution is 5.85. The number of hydrogen-bond acceptors (Lipinski definition) is 5. The Bertz CT molecular complexity index is 341. The fourth-order valence-corrected chi connectivity index (χ4v) is 1.56. The molecule has 1 amide bonds. The fraction of sp³-hybridized carbons (Fsp3) is 0.812. The fourth-order valence-electron chi connectivity index (χ4n) is 1.56. The summed E-state index contributed by atoms with van der Waals surface area (Å²) < 4.78 is 10.5. The van der Waals surface area contributed by atoms with E-state index in [2.05, 4.69) is 5.32 Å². The van der Waals surface area contributed by atoms with Gasteiger partial charge in [-0.05, 0) is 0 Å². The molecule has 0 fully saturated rings. The van der Waals surface area contributed by atoms with Crippen LogP contribution in [0.1, 0.15) is 46.5 Å². The average molecular weight is 315 g/mol. The van der Waals surface area contributed by atoms with E-state index in [1.54, 1.807) is 0 Å². The summed E-state index contributed by atoms with van der Waals surface area (Å²) in [6, 6.07) is 0. The van der Waals surface area contributed by atoms with Gasteiger partial charge in [0.25, 0.3) is 0 Å². The van der Waals surface area contributed by atoms with Crippen molar-refractivity contribution in [3.05, 3.63) is 0 Å². The predicted molar refractivity (Wildman–Crippen MR) is 83.6 cm³/mol. The minimum Gasteiger partial charge on any atom is -0.379 e. The first-order valence-corrected chi connectivity index (χ1v) is 7.94. The van der Waals surface area contributed by atoms with E-state index in [4.69, 9.17) is 9.47 Å². The van der Waals surface area contributed by atoms with Gasteiger partial charge in [0.15, 0.2) is 0 Å². The highest BCUT2D eigenvalue weighted by Crippen LogP contribution is 2.01. The lowest BCUT2D eigenvalue weighted by atomic mass is 10.0. The molecule has 0 aromatic heterocycles. The van der Waals surface area contributed by atoms with Crippen LogP contribution in [0.4, 0.5) is 0 Å². The highest BCUT2D eigenvalue weighted by atomic mass is 16.5. The van der Waals surface area contributed by atoms with Gasteiger partial charge in [-0.15, -0.1) is 0 Å².